The van der Waals surface area contributed by atoms with E-state index in [1.54, 1.807) is 0 Å². The molecule has 0 N–H and O–H groups in total. The molecule has 2 aliphatic carbocycles. The van der Waals surface area contributed by atoms with Crippen molar-refractivity contribution >= 4 is 0 Å². The molecule has 0 aromatic heterocycles. The Labute approximate surface area is 85.1 Å². The van der Waals surface area contributed by atoms with Gasteiger partial charge in [0.2, 0.25) is 0 Å². The Balaban J connectivity index is 2.03. The topological polar surface area (TPSA) is 0 Å². The molecule has 2 rings (SSSR count). The monoisotopic (exact) mass is 202 g/mol. The minimum atomic E-state index is -1.46. The van der Waals surface area contributed by atoms with Crippen molar-refractivity contribution in [3.8, 4) is 0 Å². The van der Waals surface area contributed by atoms with Gasteiger partial charge in [-0.05, 0) is 31.6 Å². The SMILES string of the molecule is FC1CCCCC1(F)C1CCCCC1. The van der Waals surface area contributed by atoms with E-state index in [1.807, 2.05) is 0 Å². The van der Waals surface area contributed by atoms with Crippen molar-refractivity contribution in [3.63, 3.8) is 0 Å². The second kappa shape index (κ2) is 4.16. The van der Waals surface area contributed by atoms with Crippen LogP contribution in [0.3, 0.4) is 0 Å². The lowest BCUT2D eigenvalue weighted by atomic mass is 9.70. The second-order valence-electron chi connectivity index (χ2n) is 4.98. The van der Waals surface area contributed by atoms with E-state index < -0.39 is 11.8 Å². The largest absolute Gasteiger partial charge is 0.244 e. The lowest BCUT2D eigenvalue weighted by Gasteiger charge is -2.41. The van der Waals surface area contributed by atoms with E-state index in [9.17, 15) is 8.78 Å². The van der Waals surface area contributed by atoms with Gasteiger partial charge in [0.1, 0.15) is 11.8 Å². The van der Waals surface area contributed by atoms with Crippen LogP contribution >= 0.6 is 0 Å². The standard InChI is InChI=1S/C12H20F2/c13-11-8-4-5-9-12(11,14)10-6-2-1-3-7-10/h10-11H,1-9H2. The summed E-state index contributed by atoms with van der Waals surface area (Å²) in [5.74, 6) is 0.0200. The molecule has 0 amide bonds. The molecule has 0 nitrogen and oxygen atoms in total. The smallest absolute Gasteiger partial charge is 0.144 e. The zero-order valence-electron chi connectivity index (χ0n) is 8.77. The Morgan fingerprint density at radius 1 is 0.857 bits per heavy atom. The van der Waals surface area contributed by atoms with Crippen molar-refractivity contribution < 1.29 is 8.78 Å². The Morgan fingerprint density at radius 3 is 2.14 bits per heavy atom. The molecule has 0 spiro atoms. The van der Waals surface area contributed by atoms with Gasteiger partial charge in [0.15, 0.2) is 0 Å². The summed E-state index contributed by atoms with van der Waals surface area (Å²) in [5.41, 5.74) is -1.46. The molecule has 2 atom stereocenters. The van der Waals surface area contributed by atoms with E-state index in [4.69, 9.17) is 0 Å². The fraction of sp³-hybridized carbons (Fsp3) is 1.00. The minimum Gasteiger partial charge on any atom is -0.244 e. The van der Waals surface area contributed by atoms with Crippen LogP contribution < -0.4 is 0 Å². The van der Waals surface area contributed by atoms with Crippen molar-refractivity contribution in [1.82, 2.24) is 0 Å². The fourth-order valence-electron chi connectivity index (χ4n) is 3.16. The molecule has 2 aliphatic rings. The second-order valence-corrected chi connectivity index (χ2v) is 4.98. The first kappa shape index (κ1) is 10.4. The number of hydrogen-bond donors (Lipinski definition) is 0. The van der Waals surface area contributed by atoms with Crippen molar-refractivity contribution in [2.24, 2.45) is 5.92 Å². The predicted molar refractivity (Wildman–Crippen MR) is 53.8 cm³/mol. The molecule has 14 heavy (non-hydrogen) atoms. The van der Waals surface area contributed by atoms with Crippen LogP contribution in [-0.2, 0) is 0 Å². The van der Waals surface area contributed by atoms with Gasteiger partial charge in [-0.2, -0.15) is 0 Å². The van der Waals surface area contributed by atoms with Crippen molar-refractivity contribution in [2.45, 2.75) is 69.6 Å². The van der Waals surface area contributed by atoms with Crippen molar-refractivity contribution in [1.29, 1.82) is 0 Å². The third kappa shape index (κ3) is 1.80. The Kier molecular flexibility index (Phi) is 3.08. The van der Waals surface area contributed by atoms with Crippen LogP contribution in [-0.4, -0.2) is 11.8 Å². The summed E-state index contributed by atoms with van der Waals surface area (Å²) in [7, 11) is 0. The maximum atomic E-state index is 14.5. The summed E-state index contributed by atoms with van der Waals surface area (Å²) in [5, 5.41) is 0. The summed E-state index contributed by atoms with van der Waals surface area (Å²) < 4.78 is 28.1. The highest BCUT2D eigenvalue weighted by Gasteiger charge is 2.47. The van der Waals surface area contributed by atoms with E-state index in [0.29, 0.717) is 12.8 Å². The molecule has 0 aromatic carbocycles. The van der Waals surface area contributed by atoms with Gasteiger partial charge in [-0.25, -0.2) is 8.78 Å². The number of halogens is 2. The van der Waals surface area contributed by atoms with Gasteiger partial charge in [0.05, 0.1) is 0 Å². The third-order valence-corrected chi connectivity index (χ3v) is 4.07. The Hall–Kier alpha value is -0.140. The molecule has 2 unspecified atom stereocenters. The molecular weight excluding hydrogens is 182 g/mol. The van der Waals surface area contributed by atoms with E-state index in [0.717, 1.165) is 38.5 Å². The summed E-state index contributed by atoms with van der Waals surface area (Å²) in [6.07, 6.45) is 6.74. The third-order valence-electron chi connectivity index (χ3n) is 4.07. The maximum absolute atomic E-state index is 14.5. The molecule has 0 bridgehead atoms. The van der Waals surface area contributed by atoms with Crippen LogP contribution in [0.1, 0.15) is 57.8 Å². The van der Waals surface area contributed by atoms with Gasteiger partial charge >= 0.3 is 0 Å². The first-order chi connectivity index (χ1) is 6.73. The number of hydrogen-bond acceptors (Lipinski definition) is 0. The van der Waals surface area contributed by atoms with Crippen molar-refractivity contribution in [2.75, 3.05) is 0 Å². The van der Waals surface area contributed by atoms with Crippen LogP contribution in [0.15, 0.2) is 0 Å². The van der Waals surface area contributed by atoms with E-state index in [-0.39, 0.29) is 5.92 Å². The molecule has 0 heterocycles. The maximum Gasteiger partial charge on any atom is 0.144 e. The molecule has 2 fully saturated rings. The zero-order valence-corrected chi connectivity index (χ0v) is 8.77. The highest BCUT2D eigenvalue weighted by atomic mass is 19.2. The summed E-state index contributed by atoms with van der Waals surface area (Å²) in [6.45, 7) is 0. The normalized spacial score (nSPS) is 41.1. The lowest BCUT2D eigenvalue weighted by Crippen LogP contribution is -2.45. The average molecular weight is 202 g/mol. The average Bonchev–Trinajstić information content (AvgIpc) is 2.24. The Bertz CT molecular complexity index is 187. The summed E-state index contributed by atoms with van der Waals surface area (Å²) in [6, 6.07) is 0. The lowest BCUT2D eigenvalue weighted by molar-refractivity contribution is -0.0482. The van der Waals surface area contributed by atoms with Gasteiger partial charge < -0.3 is 0 Å². The first-order valence-corrected chi connectivity index (χ1v) is 6.06. The highest BCUT2D eigenvalue weighted by molar-refractivity contribution is 4.97. The van der Waals surface area contributed by atoms with Gasteiger partial charge in [-0.15, -0.1) is 0 Å². The molecule has 2 heteroatoms. The van der Waals surface area contributed by atoms with Crippen LogP contribution in [0.5, 0.6) is 0 Å². The first-order valence-electron chi connectivity index (χ1n) is 6.06. The molecule has 0 aliphatic heterocycles. The Morgan fingerprint density at radius 2 is 1.50 bits per heavy atom. The van der Waals surface area contributed by atoms with E-state index in [1.165, 1.54) is 6.42 Å². The van der Waals surface area contributed by atoms with Gasteiger partial charge in [-0.1, -0.05) is 32.1 Å². The predicted octanol–water partition coefficient (Wildman–Crippen LogP) is 4.19. The summed E-state index contributed by atoms with van der Waals surface area (Å²) in [4.78, 5) is 0. The molecule has 82 valence electrons. The quantitative estimate of drug-likeness (QED) is 0.598. The highest BCUT2D eigenvalue weighted by Crippen LogP contribution is 2.45. The van der Waals surface area contributed by atoms with E-state index in [2.05, 4.69) is 0 Å². The van der Waals surface area contributed by atoms with Crippen LogP contribution in [0, 0.1) is 5.92 Å². The van der Waals surface area contributed by atoms with Gasteiger partial charge in [0.25, 0.3) is 0 Å². The molecule has 0 saturated heterocycles. The van der Waals surface area contributed by atoms with Crippen LogP contribution in [0.25, 0.3) is 0 Å². The van der Waals surface area contributed by atoms with Crippen LogP contribution in [0.4, 0.5) is 8.78 Å². The molecule has 2 saturated carbocycles. The van der Waals surface area contributed by atoms with E-state index >= 15 is 0 Å². The van der Waals surface area contributed by atoms with Gasteiger partial charge in [0, 0.05) is 0 Å². The molecule has 0 aromatic rings. The van der Waals surface area contributed by atoms with Gasteiger partial charge in [-0.3, -0.25) is 0 Å². The minimum absolute atomic E-state index is 0.0200. The number of alkyl halides is 2. The zero-order chi connectivity index (χ0) is 10.0. The van der Waals surface area contributed by atoms with Crippen molar-refractivity contribution in [3.05, 3.63) is 0 Å². The fourth-order valence-corrected chi connectivity index (χ4v) is 3.16. The van der Waals surface area contributed by atoms with Crippen LogP contribution in [0.2, 0.25) is 0 Å². The number of rotatable bonds is 1. The molecule has 0 radical (unpaired) electrons. The summed E-state index contributed by atoms with van der Waals surface area (Å²) >= 11 is 0. The molecular formula is C12H20F2.